The summed E-state index contributed by atoms with van der Waals surface area (Å²) in [5.41, 5.74) is 0.900. The maximum absolute atomic E-state index is 11.9. The predicted molar refractivity (Wildman–Crippen MR) is 81.1 cm³/mol. The van der Waals surface area contributed by atoms with Crippen molar-refractivity contribution < 1.29 is 9.72 Å². The molecular weight excluding hydrogens is 356 g/mol. The fraction of sp³-hybridized carbons (Fsp3) is 0.417. The van der Waals surface area contributed by atoms with E-state index < -0.39 is 4.92 Å². The number of hydrogen-bond acceptors (Lipinski definition) is 5. The highest BCUT2D eigenvalue weighted by Gasteiger charge is 2.16. The van der Waals surface area contributed by atoms with Crippen LogP contribution in [0.4, 0.5) is 5.69 Å². The number of carbonyl (C=O) groups excluding carboxylic acids is 1. The van der Waals surface area contributed by atoms with Crippen LogP contribution in [0.15, 0.2) is 16.9 Å². The largest absolute Gasteiger partial charge is 0.349 e. The topological polar surface area (TPSA) is 108 Å². The number of aromatic nitrogens is 4. The number of rotatable bonds is 6. The molecule has 0 aromatic carbocycles. The quantitative estimate of drug-likeness (QED) is 0.610. The molecule has 1 N–H and O–H groups in total. The van der Waals surface area contributed by atoms with E-state index in [9.17, 15) is 14.9 Å². The monoisotopic (exact) mass is 370 g/mol. The smallest absolute Gasteiger partial charge is 0.309 e. The summed E-state index contributed by atoms with van der Waals surface area (Å²) in [5.74, 6) is -0.296. The van der Waals surface area contributed by atoms with Gasteiger partial charge in [0.15, 0.2) is 0 Å². The van der Waals surface area contributed by atoms with E-state index in [1.807, 2.05) is 13.1 Å². The number of nitrogens with zero attached hydrogens (tertiary/aromatic N) is 5. The molecule has 0 aliphatic heterocycles. The lowest BCUT2D eigenvalue weighted by molar-refractivity contribution is -0.385. The fourth-order valence-corrected chi connectivity index (χ4v) is 2.33. The SMILES string of the molecule is CCn1cc(Br)c(CNC(=O)Cn2cc([N+](=O)[O-])c(C)n2)n1. The first-order valence-electron chi connectivity index (χ1n) is 6.57. The van der Waals surface area contributed by atoms with Crippen molar-refractivity contribution in [1.82, 2.24) is 24.9 Å². The number of carbonyl (C=O) groups is 1. The van der Waals surface area contributed by atoms with Crippen LogP contribution >= 0.6 is 15.9 Å². The molecule has 0 atom stereocenters. The van der Waals surface area contributed by atoms with E-state index in [1.165, 1.54) is 17.8 Å². The van der Waals surface area contributed by atoms with Gasteiger partial charge < -0.3 is 5.32 Å². The Morgan fingerprint density at radius 1 is 1.41 bits per heavy atom. The molecule has 2 aromatic rings. The van der Waals surface area contributed by atoms with Crippen LogP contribution in [-0.4, -0.2) is 30.4 Å². The molecule has 0 saturated carbocycles. The summed E-state index contributed by atoms with van der Waals surface area (Å²) in [4.78, 5) is 22.1. The van der Waals surface area contributed by atoms with E-state index in [2.05, 4.69) is 31.4 Å². The highest BCUT2D eigenvalue weighted by Crippen LogP contribution is 2.15. The lowest BCUT2D eigenvalue weighted by Gasteiger charge is -2.03. The first-order chi connectivity index (χ1) is 10.4. The van der Waals surface area contributed by atoms with Gasteiger partial charge in [0.1, 0.15) is 18.4 Å². The summed E-state index contributed by atoms with van der Waals surface area (Å²) in [6.07, 6.45) is 3.08. The average Bonchev–Trinajstić information content (AvgIpc) is 2.99. The van der Waals surface area contributed by atoms with E-state index in [-0.39, 0.29) is 30.4 Å². The van der Waals surface area contributed by atoms with Crippen molar-refractivity contribution in [2.45, 2.75) is 33.5 Å². The van der Waals surface area contributed by atoms with Crippen LogP contribution < -0.4 is 5.32 Å². The molecule has 2 heterocycles. The third-order valence-corrected chi connectivity index (χ3v) is 3.65. The Morgan fingerprint density at radius 3 is 2.68 bits per heavy atom. The van der Waals surface area contributed by atoms with Crippen molar-refractivity contribution in [2.24, 2.45) is 0 Å². The first-order valence-corrected chi connectivity index (χ1v) is 7.37. The Morgan fingerprint density at radius 2 is 2.14 bits per heavy atom. The highest BCUT2D eigenvalue weighted by atomic mass is 79.9. The Kier molecular flexibility index (Phi) is 4.91. The van der Waals surface area contributed by atoms with Crippen molar-refractivity contribution in [3.63, 3.8) is 0 Å². The minimum atomic E-state index is -0.523. The van der Waals surface area contributed by atoms with Crippen LogP contribution in [0.1, 0.15) is 18.3 Å². The summed E-state index contributed by atoms with van der Waals surface area (Å²) in [7, 11) is 0. The van der Waals surface area contributed by atoms with Gasteiger partial charge in [-0.05, 0) is 29.8 Å². The molecule has 0 fully saturated rings. The molecular formula is C12H15BrN6O3. The number of nitrogens with one attached hydrogen (secondary N) is 1. The lowest BCUT2D eigenvalue weighted by atomic mass is 10.4. The van der Waals surface area contributed by atoms with Gasteiger partial charge >= 0.3 is 5.69 Å². The first kappa shape index (κ1) is 16.1. The summed E-state index contributed by atoms with van der Waals surface area (Å²) in [6.45, 7) is 4.42. The van der Waals surface area contributed by atoms with Crippen LogP contribution in [0.5, 0.6) is 0 Å². The van der Waals surface area contributed by atoms with E-state index in [0.717, 1.165) is 16.7 Å². The van der Waals surface area contributed by atoms with Crippen LogP contribution in [0.25, 0.3) is 0 Å². The zero-order valence-corrected chi connectivity index (χ0v) is 13.7. The number of hydrogen-bond donors (Lipinski definition) is 1. The van der Waals surface area contributed by atoms with Gasteiger partial charge in [-0.1, -0.05) is 0 Å². The number of aryl methyl sites for hydroxylation is 2. The van der Waals surface area contributed by atoms with Crippen LogP contribution in [0, 0.1) is 17.0 Å². The molecule has 0 spiro atoms. The Hall–Kier alpha value is -2.23. The summed E-state index contributed by atoms with van der Waals surface area (Å²) >= 11 is 3.38. The van der Waals surface area contributed by atoms with Crippen molar-refractivity contribution in [3.05, 3.63) is 38.4 Å². The number of halogens is 1. The second kappa shape index (κ2) is 6.69. The maximum Gasteiger partial charge on any atom is 0.309 e. The predicted octanol–water partition coefficient (Wildman–Crippen LogP) is 1.40. The summed E-state index contributed by atoms with van der Waals surface area (Å²) < 4.78 is 3.83. The normalized spacial score (nSPS) is 10.7. The molecule has 0 bridgehead atoms. The molecule has 0 aliphatic carbocycles. The van der Waals surface area contributed by atoms with Gasteiger partial charge in [0, 0.05) is 12.7 Å². The number of amides is 1. The van der Waals surface area contributed by atoms with E-state index >= 15 is 0 Å². The highest BCUT2D eigenvalue weighted by molar-refractivity contribution is 9.10. The van der Waals surface area contributed by atoms with E-state index in [4.69, 9.17) is 0 Å². The Labute approximate surface area is 134 Å². The standard InChI is InChI=1S/C12H15BrN6O3/c1-3-17-5-9(13)10(16-17)4-14-12(20)7-18-6-11(19(21)22)8(2)15-18/h5-6H,3-4,7H2,1-2H3,(H,14,20). The molecule has 2 aromatic heterocycles. The van der Waals surface area contributed by atoms with Gasteiger partial charge in [-0.2, -0.15) is 10.2 Å². The Bertz CT molecular complexity index is 708. The second-order valence-corrected chi connectivity index (χ2v) is 5.46. The van der Waals surface area contributed by atoms with Crippen molar-refractivity contribution in [1.29, 1.82) is 0 Å². The molecule has 0 aliphatic rings. The van der Waals surface area contributed by atoms with Gasteiger partial charge in [-0.25, -0.2) is 0 Å². The van der Waals surface area contributed by atoms with E-state index in [1.54, 1.807) is 4.68 Å². The van der Waals surface area contributed by atoms with Gasteiger partial charge in [-0.3, -0.25) is 24.3 Å². The van der Waals surface area contributed by atoms with Crippen molar-refractivity contribution in [3.8, 4) is 0 Å². The van der Waals surface area contributed by atoms with Gasteiger partial charge in [0.25, 0.3) is 0 Å². The van der Waals surface area contributed by atoms with Gasteiger partial charge in [0.2, 0.25) is 5.91 Å². The van der Waals surface area contributed by atoms with Gasteiger partial charge in [-0.15, -0.1) is 0 Å². The van der Waals surface area contributed by atoms with E-state index in [0.29, 0.717) is 0 Å². The lowest BCUT2D eigenvalue weighted by Crippen LogP contribution is -2.27. The van der Waals surface area contributed by atoms with Crippen LogP contribution in [-0.2, 0) is 24.4 Å². The summed E-state index contributed by atoms with van der Waals surface area (Å²) in [6, 6.07) is 0. The Balaban J connectivity index is 1.94. The van der Waals surface area contributed by atoms with Crippen molar-refractivity contribution >= 4 is 27.5 Å². The zero-order valence-electron chi connectivity index (χ0n) is 12.1. The van der Waals surface area contributed by atoms with Crippen LogP contribution in [0.2, 0.25) is 0 Å². The molecule has 0 unspecified atom stereocenters. The minimum Gasteiger partial charge on any atom is -0.349 e. The molecule has 10 heteroatoms. The second-order valence-electron chi connectivity index (χ2n) is 4.61. The number of nitro groups is 1. The summed E-state index contributed by atoms with van der Waals surface area (Å²) in [5, 5.41) is 21.7. The minimum absolute atomic E-state index is 0.0826. The zero-order chi connectivity index (χ0) is 16.3. The van der Waals surface area contributed by atoms with Crippen molar-refractivity contribution in [2.75, 3.05) is 0 Å². The third-order valence-electron chi connectivity index (χ3n) is 2.99. The molecule has 118 valence electrons. The third kappa shape index (κ3) is 3.70. The molecule has 0 saturated heterocycles. The van der Waals surface area contributed by atoms with Gasteiger partial charge in [0.05, 0.1) is 21.6 Å². The molecule has 9 nitrogen and oxygen atoms in total. The molecule has 22 heavy (non-hydrogen) atoms. The average molecular weight is 371 g/mol. The maximum atomic E-state index is 11.9. The van der Waals surface area contributed by atoms with Crippen LogP contribution in [0.3, 0.4) is 0 Å². The molecule has 0 radical (unpaired) electrons. The molecule has 2 rings (SSSR count). The molecule has 1 amide bonds. The fourth-order valence-electron chi connectivity index (χ4n) is 1.87.